The third-order valence-electron chi connectivity index (χ3n) is 13.3. The molecule has 10 atom stereocenters. The van der Waals surface area contributed by atoms with E-state index in [1.807, 2.05) is 50.3 Å². The summed E-state index contributed by atoms with van der Waals surface area (Å²) in [6.07, 6.45) is 10.1. The number of hydrogen-bond acceptors (Lipinski definition) is 10. The van der Waals surface area contributed by atoms with Crippen LogP contribution in [0.3, 0.4) is 0 Å². The van der Waals surface area contributed by atoms with E-state index < -0.39 is 68.2 Å². The maximum atomic E-state index is 14.9. The molecule has 2 aliphatic heterocycles. The van der Waals surface area contributed by atoms with Crippen LogP contribution in [-0.4, -0.2) is 89.8 Å². The molecule has 0 spiro atoms. The monoisotopic (exact) mass is 805 g/mol. The summed E-state index contributed by atoms with van der Waals surface area (Å²) in [7, 11) is -3.99. The number of carbonyl (C=O) groups is 4. The van der Waals surface area contributed by atoms with Gasteiger partial charge in [0, 0.05) is 23.9 Å². The zero-order valence-corrected chi connectivity index (χ0v) is 34.0. The summed E-state index contributed by atoms with van der Waals surface area (Å²) in [6.45, 7) is 8.06. The molecule has 1 aromatic carbocycles. The lowest BCUT2D eigenvalue weighted by Gasteiger charge is -2.33. The molecular weight excluding hydrogens is 751 g/mol. The highest BCUT2D eigenvalue weighted by atomic mass is 32.2. The Morgan fingerprint density at radius 3 is 2.54 bits per heavy atom. The van der Waals surface area contributed by atoms with Gasteiger partial charge >= 0.3 is 6.09 Å². The van der Waals surface area contributed by atoms with Gasteiger partial charge in [0.1, 0.15) is 35.6 Å². The van der Waals surface area contributed by atoms with E-state index in [-0.39, 0.29) is 37.3 Å². The van der Waals surface area contributed by atoms with Crippen LogP contribution in [0.25, 0.3) is 10.8 Å². The first-order valence-electron chi connectivity index (χ1n) is 20.7. The number of ether oxygens (including phenoxy) is 3. The lowest BCUT2D eigenvalue weighted by Crippen LogP contribution is -2.59. The van der Waals surface area contributed by atoms with Crippen LogP contribution in [0.5, 0.6) is 11.6 Å². The Morgan fingerprint density at radius 1 is 1.04 bits per heavy atom. The number of pyridine rings is 1. The van der Waals surface area contributed by atoms with Gasteiger partial charge in [-0.2, -0.15) is 0 Å². The average molecular weight is 806 g/mol. The summed E-state index contributed by atoms with van der Waals surface area (Å²) < 4.78 is 45.7. The number of amides is 4. The summed E-state index contributed by atoms with van der Waals surface area (Å²) in [5, 5.41) is 7.41. The van der Waals surface area contributed by atoms with Crippen molar-refractivity contribution in [3.63, 3.8) is 0 Å². The van der Waals surface area contributed by atoms with Gasteiger partial charge in [0.25, 0.3) is 5.91 Å². The number of rotatable bonds is 9. The van der Waals surface area contributed by atoms with Crippen LogP contribution in [-0.2, 0) is 29.1 Å². The number of allylic oxidation sites excluding steroid dienone is 1. The molecule has 4 amide bonds. The molecular formula is C42H55N5O9S. The Hall–Kier alpha value is -4.40. The van der Waals surface area contributed by atoms with E-state index in [0.717, 1.165) is 30.0 Å². The molecule has 4 aliphatic carbocycles. The van der Waals surface area contributed by atoms with Crippen LogP contribution in [0, 0.1) is 29.6 Å². The predicted octanol–water partition coefficient (Wildman–Crippen LogP) is 4.76. The third-order valence-corrected chi connectivity index (χ3v) is 15.4. The van der Waals surface area contributed by atoms with Crippen molar-refractivity contribution in [1.82, 2.24) is 25.2 Å². The molecule has 4 saturated carbocycles. The van der Waals surface area contributed by atoms with Gasteiger partial charge in [-0.3, -0.25) is 19.1 Å². The predicted molar refractivity (Wildman–Crippen MR) is 210 cm³/mol. The first kappa shape index (κ1) is 39.4. The quantitative estimate of drug-likeness (QED) is 0.299. The first-order chi connectivity index (χ1) is 27.2. The van der Waals surface area contributed by atoms with E-state index in [2.05, 4.69) is 27.3 Å². The lowest BCUT2D eigenvalue weighted by molar-refractivity contribution is -0.142. The molecule has 14 nitrogen and oxygen atoms in total. The topological polar surface area (TPSA) is 182 Å². The van der Waals surface area contributed by atoms with Crippen molar-refractivity contribution < 1.29 is 41.8 Å². The average Bonchev–Trinajstić information content (AvgIpc) is 4.12. The number of hydrogen-bond donors (Lipinski definition) is 3. The number of nitrogens with one attached hydrogen (secondary N) is 3. The number of benzene rings is 1. The van der Waals surface area contributed by atoms with E-state index in [1.165, 1.54) is 11.3 Å². The molecule has 1 saturated heterocycles. The van der Waals surface area contributed by atoms with E-state index in [1.54, 1.807) is 13.1 Å². The fourth-order valence-electron chi connectivity index (χ4n) is 9.30. The Labute approximate surface area is 334 Å². The summed E-state index contributed by atoms with van der Waals surface area (Å²) in [5.41, 5.74) is -1.52. The second-order valence-corrected chi connectivity index (χ2v) is 20.0. The van der Waals surface area contributed by atoms with Gasteiger partial charge in [0.15, 0.2) is 0 Å². The Balaban J connectivity index is 1.09. The fourth-order valence-corrected chi connectivity index (χ4v) is 10.6. The Kier molecular flexibility index (Phi) is 10.4. The van der Waals surface area contributed by atoms with Crippen LogP contribution < -0.4 is 24.8 Å². The molecule has 0 radical (unpaired) electrons. The van der Waals surface area contributed by atoms with Gasteiger partial charge in [0.05, 0.1) is 17.9 Å². The van der Waals surface area contributed by atoms with E-state index in [9.17, 15) is 27.6 Å². The molecule has 2 aromatic rings. The summed E-state index contributed by atoms with van der Waals surface area (Å²) in [4.78, 5) is 62.8. The van der Waals surface area contributed by atoms with Crippen LogP contribution >= 0.6 is 0 Å². The Morgan fingerprint density at radius 2 is 1.81 bits per heavy atom. The molecule has 5 fully saturated rings. The molecule has 308 valence electrons. The van der Waals surface area contributed by atoms with Crippen LogP contribution in [0.1, 0.15) is 91.9 Å². The summed E-state index contributed by atoms with van der Waals surface area (Å²) >= 11 is 0. The molecule has 15 heteroatoms. The second kappa shape index (κ2) is 15.1. The molecule has 0 bridgehead atoms. The van der Waals surface area contributed by atoms with E-state index >= 15 is 0 Å². The van der Waals surface area contributed by atoms with E-state index in [0.29, 0.717) is 55.8 Å². The van der Waals surface area contributed by atoms with Crippen molar-refractivity contribution in [2.75, 3.05) is 13.2 Å². The smallest absolute Gasteiger partial charge is 0.408 e. The number of fused-ring (bicyclic) bond motifs is 4. The maximum absolute atomic E-state index is 14.9. The highest BCUT2D eigenvalue weighted by Crippen LogP contribution is 2.52. The number of alkyl carbamates (subject to hydrolysis) is 1. The van der Waals surface area contributed by atoms with Crippen molar-refractivity contribution in [2.24, 2.45) is 29.6 Å². The number of nitrogens with zero attached hydrogens (tertiary/aromatic N) is 2. The zero-order valence-electron chi connectivity index (χ0n) is 33.2. The number of carbonyl (C=O) groups excluding carboxylic acids is 4. The third kappa shape index (κ3) is 8.05. The van der Waals surface area contributed by atoms with Gasteiger partial charge in [-0.05, 0) is 125 Å². The highest BCUT2D eigenvalue weighted by molar-refractivity contribution is 7.91. The van der Waals surface area contributed by atoms with Crippen LogP contribution in [0.4, 0.5) is 4.79 Å². The van der Waals surface area contributed by atoms with Gasteiger partial charge in [-0.25, -0.2) is 18.2 Å². The van der Waals surface area contributed by atoms with Crippen LogP contribution in [0.2, 0.25) is 0 Å². The van der Waals surface area contributed by atoms with Crippen molar-refractivity contribution in [1.29, 1.82) is 0 Å². The molecule has 3 N–H and O–H groups in total. The minimum absolute atomic E-state index is 0.00274. The van der Waals surface area contributed by atoms with Gasteiger partial charge < -0.3 is 29.7 Å². The standard InChI is InChI=1S/C42H55N5O9S/c1-5-54-30-10-11-33-26(18-30)12-15-43-37(33)55-32-21-34-36(48)45-42(39(50)46-57(52,53)41(4)13-14-41)22-29(42)9-7-6-8-24(2)16-25(3)35(38(49)47(34)23-32)44-40(51)56-31-19-27-17-28(27)20-31/h7,9-12,15,18,24-25,27-29,31-32,34-35H,5-6,8,13-14,16-17,19-23H2,1-4H3,(H,44,51)(H,45,48)(H,46,50)/b9-7-/t24-,25+,27-,28+,29-,31?,32+,34-,35-,42+/m0/s1. The minimum atomic E-state index is -3.99. The molecule has 1 aromatic heterocycles. The van der Waals surface area contributed by atoms with Crippen LogP contribution in [0.15, 0.2) is 42.6 Å². The molecule has 8 rings (SSSR count). The summed E-state index contributed by atoms with van der Waals surface area (Å²) in [6, 6.07) is 5.32. The van der Waals surface area contributed by atoms with Gasteiger partial charge in [-0.1, -0.05) is 26.0 Å². The highest BCUT2D eigenvalue weighted by Gasteiger charge is 2.63. The normalized spacial score (nSPS) is 34.9. The van der Waals surface area contributed by atoms with E-state index in [4.69, 9.17) is 14.2 Å². The van der Waals surface area contributed by atoms with Crippen molar-refractivity contribution in [3.8, 4) is 11.6 Å². The maximum Gasteiger partial charge on any atom is 0.408 e. The van der Waals surface area contributed by atoms with Crippen molar-refractivity contribution in [2.45, 2.75) is 126 Å². The fraction of sp³-hybridized carbons (Fsp3) is 0.643. The largest absolute Gasteiger partial charge is 0.494 e. The van der Waals surface area contributed by atoms with Crippen molar-refractivity contribution >= 4 is 44.6 Å². The molecule has 1 unspecified atom stereocenters. The SMILES string of the molecule is CCOc1ccc2c(O[C@@H]3C[C@H]4C(=O)N[C@]5(C(=O)NS(=O)(=O)C6(C)CC6)C[C@@H]5/C=C\CC[C@H](C)C[C@@H](C)[C@H](NC(=O)OC5C[C@@H]6C[C@@H]6C5)C(=O)N4C3)nccc2c1. The van der Waals surface area contributed by atoms with Gasteiger partial charge in [-0.15, -0.1) is 0 Å². The molecule has 57 heavy (non-hydrogen) atoms. The molecule has 6 aliphatic rings. The number of sulfonamides is 1. The first-order valence-corrected chi connectivity index (χ1v) is 22.2. The lowest BCUT2D eigenvalue weighted by atomic mass is 9.88. The minimum Gasteiger partial charge on any atom is -0.494 e. The number of aromatic nitrogens is 1. The second-order valence-electron chi connectivity index (χ2n) is 17.8. The Bertz CT molecular complexity index is 2060. The summed E-state index contributed by atoms with van der Waals surface area (Å²) in [5.74, 6) is -0.184. The molecule has 3 heterocycles. The van der Waals surface area contributed by atoms with Crippen molar-refractivity contribution in [3.05, 3.63) is 42.6 Å². The van der Waals surface area contributed by atoms with Gasteiger partial charge in [0.2, 0.25) is 27.7 Å². The zero-order chi connectivity index (χ0) is 40.3.